The lowest BCUT2D eigenvalue weighted by Crippen LogP contribution is -2.17. The number of nitrogens with two attached hydrogens (primary N) is 2. The standard InChI is InChI=1S/C10H14O.2C9H13NO.C2H7NO.2CH4/c1-2-8-11-9-10-6-4-3-5-7-10;10-6-7-11-8-9-4-2-1-3-5-9;11-7-6-10-8-9-4-2-1-3-5-9;3-1-2-4;;/h3-7H,2,8-9H2,1H3;1-5H,6-8,10H2;1-5,10-11H,6-8H2;4H,1-3H2;2*1H4. The van der Waals surface area contributed by atoms with Gasteiger partial charge in [-0.1, -0.05) is 113 Å². The molecular weight excluding hydrogens is 490 g/mol. The highest BCUT2D eigenvalue weighted by atomic mass is 16.5. The van der Waals surface area contributed by atoms with Crippen LogP contribution in [-0.2, 0) is 29.2 Å². The molecule has 0 radical (unpaired) electrons. The fourth-order valence-corrected chi connectivity index (χ4v) is 2.66. The Balaban J connectivity index is -0.000000455. The summed E-state index contributed by atoms with van der Waals surface area (Å²) >= 11 is 0. The molecule has 39 heavy (non-hydrogen) atoms. The summed E-state index contributed by atoms with van der Waals surface area (Å²) in [6.45, 7) is 7.78. The summed E-state index contributed by atoms with van der Waals surface area (Å²) in [7, 11) is 0. The average Bonchev–Trinajstić information content (AvgIpc) is 2.96. The van der Waals surface area contributed by atoms with E-state index in [1.165, 1.54) is 16.7 Å². The summed E-state index contributed by atoms with van der Waals surface area (Å²) in [6.07, 6.45) is 1.09. The molecule has 3 aromatic carbocycles. The molecule has 0 unspecified atom stereocenters. The monoisotopic (exact) mass is 545 g/mol. The summed E-state index contributed by atoms with van der Waals surface area (Å²) < 4.78 is 10.6. The van der Waals surface area contributed by atoms with Crippen molar-refractivity contribution in [3.63, 3.8) is 0 Å². The van der Waals surface area contributed by atoms with Crippen molar-refractivity contribution in [3.05, 3.63) is 108 Å². The fraction of sp³-hybridized carbons (Fsp3) is 0.438. The lowest BCUT2D eigenvalue weighted by molar-refractivity contribution is 0.121. The van der Waals surface area contributed by atoms with E-state index in [4.69, 9.17) is 31.2 Å². The van der Waals surface area contributed by atoms with Crippen LogP contribution in [0.4, 0.5) is 0 Å². The SMILES string of the molecule is C.C.CCCOCc1ccccc1.NCCO.NCCOCc1ccccc1.OCCNCc1ccccc1. The largest absolute Gasteiger partial charge is 0.395 e. The molecule has 0 aliphatic carbocycles. The highest BCUT2D eigenvalue weighted by Gasteiger charge is 1.90. The fourth-order valence-electron chi connectivity index (χ4n) is 2.66. The van der Waals surface area contributed by atoms with Crippen LogP contribution < -0.4 is 16.8 Å². The van der Waals surface area contributed by atoms with Gasteiger partial charge in [0, 0.05) is 32.8 Å². The Morgan fingerprint density at radius 2 is 1.03 bits per heavy atom. The Labute approximate surface area is 238 Å². The van der Waals surface area contributed by atoms with Gasteiger partial charge in [0.25, 0.3) is 0 Å². The highest BCUT2D eigenvalue weighted by Crippen LogP contribution is 2.00. The third-order valence-electron chi connectivity index (χ3n) is 4.42. The van der Waals surface area contributed by atoms with Gasteiger partial charge in [-0.15, -0.1) is 0 Å². The number of hydrogen-bond donors (Lipinski definition) is 5. The zero-order valence-corrected chi connectivity index (χ0v) is 22.3. The van der Waals surface area contributed by atoms with Crippen molar-refractivity contribution in [1.29, 1.82) is 0 Å². The maximum absolute atomic E-state index is 8.48. The van der Waals surface area contributed by atoms with Crippen molar-refractivity contribution < 1.29 is 19.7 Å². The van der Waals surface area contributed by atoms with Gasteiger partial charge in [0.05, 0.1) is 33.0 Å². The molecule has 3 aromatic rings. The van der Waals surface area contributed by atoms with Crippen molar-refractivity contribution in [2.75, 3.05) is 46.1 Å². The van der Waals surface area contributed by atoms with Crippen LogP contribution in [0.25, 0.3) is 0 Å². The third kappa shape index (κ3) is 28.2. The number of hydrogen-bond acceptors (Lipinski definition) is 7. The third-order valence-corrected chi connectivity index (χ3v) is 4.42. The minimum Gasteiger partial charge on any atom is -0.395 e. The summed E-state index contributed by atoms with van der Waals surface area (Å²) in [5.74, 6) is 0. The van der Waals surface area contributed by atoms with Crippen molar-refractivity contribution in [3.8, 4) is 0 Å². The number of rotatable bonds is 13. The maximum atomic E-state index is 8.48. The molecule has 7 heteroatoms. The van der Waals surface area contributed by atoms with Crippen molar-refractivity contribution in [1.82, 2.24) is 5.32 Å². The van der Waals surface area contributed by atoms with E-state index in [1.54, 1.807) is 0 Å². The number of ether oxygens (including phenoxy) is 2. The topological polar surface area (TPSA) is 123 Å². The summed E-state index contributed by atoms with van der Waals surface area (Å²) in [4.78, 5) is 0. The molecule has 0 atom stereocenters. The molecule has 3 rings (SSSR count). The van der Waals surface area contributed by atoms with Crippen LogP contribution in [0.1, 0.15) is 44.9 Å². The molecule has 7 N–H and O–H groups in total. The van der Waals surface area contributed by atoms with Gasteiger partial charge in [-0.2, -0.15) is 0 Å². The van der Waals surface area contributed by atoms with E-state index >= 15 is 0 Å². The molecular formula is C32H55N3O4. The van der Waals surface area contributed by atoms with E-state index < -0.39 is 0 Å². The van der Waals surface area contributed by atoms with E-state index in [-0.39, 0.29) is 28.1 Å². The van der Waals surface area contributed by atoms with E-state index in [1.807, 2.05) is 66.7 Å². The van der Waals surface area contributed by atoms with Crippen LogP contribution in [0.5, 0.6) is 0 Å². The number of aliphatic hydroxyl groups is 2. The number of benzene rings is 3. The molecule has 0 saturated heterocycles. The quantitative estimate of drug-likeness (QED) is 0.196. The average molecular weight is 546 g/mol. The summed E-state index contributed by atoms with van der Waals surface area (Å²) in [6, 6.07) is 30.4. The molecule has 7 nitrogen and oxygen atoms in total. The molecule has 0 aliphatic rings. The van der Waals surface area contributed by atoms with Gasteiger partial charge < -0.3 is 36.5 Å². The van der Waals surface area contributed by atoms with Crippen LogP contribution in [-0.4, -0.2) is 56.3 Å². The summed E-state index contributed by atoms with van der Waals surface area (Å²) in [5, 5.41) is 19.3. The Morgan fingerprint density at radius 1 is 0.615 bits per heavy atom. The number of nitrogens with one attached hydrogen (secondary N) is 1. The van der Waals surface area contributed by atoms with Crippen molar-refractivity contribution in [2.24, 2.45) is 11.5 Å². The van der Waals surface area contributed by atoms with Gasteiger partial charge in [0.1, 0.15) is 0 Å². The first kappa shape index (κ1) is 40.9. The second-order valence-electron chi connectivity index (χ2n) is 7.76. The molecule has 0 saturated carbocycles. The van der Waals surface area contributed by atoms with E-state index in [0.717, 1.165) is 26.2 Å². The van der Waals surface area contributed by atoms with Gasteiger partial charge in [-0.25, -0.2) is 0 Å². The van der Waals surface area contributed by atoms with Crippen LogP contribution >= 0.6 is 0 Å². The van der Waals surface area contributed by atoms with Crippen LogP contribution in [0, 0.1) is 0 Å². The molecule has 0 aliphatic heterocycles. The van der Waals surface area contributed by atoms with Gasteiger partial charge in [0.15, 0.2) is 0 Å². The first-order valence-electron chi connectivity index (χ1n) is 12.8. The molecule has 0 bridgehead atoms. The Morgan fingerprint density at radius 3 is 1.38 bits per heavy atom. The first-order valence-corrected chi connectivity index (χ1v) is 12.8. The van der Waals surface area contributed by atoms with E-state index in [9.17, 15) is 0 Å². The van der Waals surface area contributed by atoms with Crippen LogP contribution in [0.3, 0.4) is 0 Å². The lowest BCUT2D eigenvalue weighted by Gasteiger charge is -2.01. The predicted octanol–water partition coefficient (Wildman–Crippen LogP) is 4.75. The molecule has 0 aromatic heterocycles. The Bertz CT molecular complexity index is 699. The molecule has 0 spiro atoms. The zero-order chi connectivity index (χ0) is 27.2. The second-order valence-corrected chi connectivity index (χ2v) is 7.76. The van der Waals surface area contributed by atoms with Crippen LogP contribution in [0.2, 0.25) is 0 Å². The zero-order valence-electron chi connectivity index (χ0n) is 22.3. The van der Waals surface area contributed by atoms with Crippen molar-refractivity contribution >= 4 is 0 Å². The second kappa shape index (κ2) is 33.4. The van der Waals surface area contributed by atoms with E-state index in [2.05, 4.69) is 36.5 Å². The van der Waals surface area contributed by atoms with Gasteiger partial charge >= 0.3 is 0 Å². The molecule has 222 valence electrons. The molecule has 0 fully saturated rings. The molecule has 0 heterocycles. The Hall–Kier alpha value is -2.62. The minimum absolute atomic E-state index is 0. The van der Waals surface area contributed by atoms with Gasteiger partial charge in [0.2, 0.25) is 0 Å². The maximum Gasteiger partial charge on any atom is 0.0717 e. The predicted molar refractivity (Wildman–Crippen MR) is 166 cm³/mol. The highest BCUT2D eigenvalue weighted by molar-refractivity contribution is 5.15. The normalized spacial score (nSPS) is 9.15. The summed E-state index contributed by atoms with van der Waals surface area (Å²) in [5.41, 5.74) is 13.7. The lowest BCUT2D eigenvalue weighted by atomic mass is 10.2. The van der Waals surface area contributed by atoms with Crippen molar-refractivity contribution in [2.45, 2.75) is 48.0 Å². The minimum atomic E-state index is 0. The van der Waals surface area contributed by atoms with Crippen LogP contribution in [0.15, 0.2) is 91.0 Å². The van der Waals surface area contributed by atoms with Gasteiger partial charge in [-0.3, -0.25) is 0 Å². The first-order chi connectivity index (χ1) is 18.2. The number of aliphatic hydroxyl groups excluding tert-OH is 2. The van der Waals surface area contributed by atoms with Gasteiger partial charge in [-0.05, 0) is 23.1 Å². The molecule has 0 amide bonds. The Kier molecular flexibility index (Phi) is 35.0. The smallest absolute Gasteiger partial charge is 0.0717 e. The van der Waals surface area contributed by atoms with E-state index in [0.29, 0.717) is 32.8 Å².